The quantitative estimate of drug-likeness (QED) is 0.768. The van der Waals surface area contributed by atoms with E-state index in [2.05, 4.69) is 21.1 Å². The summed E-state index contributed by atoms with van der Waals surface area (Å²) in [5.41, 5.74) is 0.774. The van der Waals surface area contributed by atoms with Gasteiger partial charge in [-0.3, -0.25) is 0 Å². The Morgan fingerprint density at radius 1 is 1.32 bits per heavy atom. The highest BCUT2D eigenvalue weighted by atomic mass is 35.5. The maximum Gasteiger partial charge on any atom is 0.189 e. The molecule has 1 fully saturated rings. The molecule has 0 radical (unpaired) electrons. The minimum atomic E-state index is 0.594. The molecule has 1 saturated carbocycles. The molecule has 100 valence electrons. The van der Waals surface area contributed by atoms with E-state index in [0.717, 1.165) is 23.0 Å². The summed E-state index contributed by atoms with van der Waals surface area (Å²) in [4.78, 5) is 5.64. The number of aromatic nitrogens is 1. The first kappa shape index (κ1) is 13.2. The van der Waals surface area contributed by atoms with E-state index < -0.39 is 0 Å². The van der Waals surface area contributed by atoms with E-state index in [1.807, 2.05) is 12.1 Å². The van der Waals surface area contributed by atoms with E-state index in [9.17, 15) is 0 Å². The summed E-state index contributed by atoms with van der Waals surface area (Å²) in [5.74, 6) is 0.814. The van der Waals surface area contributed by atoms with Gasteiger partial charge in [-0.25, -0.2) is 4.99 Å². The first-order valence-electron chi connectivity index (χ1n) is 6.36. The van der Waals surface area contributed by atoms with Crippen LogP contribution in [-0.4, -0.2) is 4.57 Å². The Morgan fingerprint density at radius 2 is 2.16 bits per heavy atom. The molecule has 1 heterocycles. The molecular formula is C14H14Cl2N2S. The van der Waals surface area contributed by atoms with Gasteiger partial charge in [0.2, 0.25) is 0 Å². The van der Waals surface area contributed by atoms with Crippen molar-refractivity contribution in [2.24, 2.45) is 10.9 Å². The van der Waals surface area contributed by atoms with E-state index in [1.165, 1.54) is 19.3 Å². The molecule has 1 aromatic heterocycles. The highest BCUT2D eigenvalue weighted by Gasteiger charge is 2.17. The zero-order valence-electron chi connectivity index (χ0n) is 10.4. The monoisotopic (exact) mass is 312 g/mol. The molecule has 0 aliphatic heterocycles. The average molecular weight is 313 g/mol. The van der Waals surface area contributed by atoms with Crippen LogP contribution >= 0.6 is 34.5 Å². The zero-order valence-corrected chi connectivity index (χ0v) is 12.7. The van der Waals surface area contributed by atoms with Crippen LogP contribution in [0.5, 0.6) is 0 Å². The van der Waals surface area contributed by atoms with Gasteiger partial charge in [0.25, 0.3) is 0 Å². The molecule has 0 unspecified atom stereocenters. The van der Waals surface area contributed by atoms with E-state index in [-0.39, 0.29) is 0 Å². The molecule has 0 amide bonds. The van der Waals surface area contributed by atoms with Gasteiger partial charge >= 0.3 is 0 Å². The molecule has 1 aliphatic carbocycles. The van der Waals surface area contributed by atoms with Crippen molar-refractivity contribution in [3.8, 4) is 0 Å². The standard InChI is InChI=1S/C14H14Cl2N2S/c15-11-4-5-13(12(16)8-11)17-14-18(6-7-19-14)9-10-2-1-3-10/h4-8,10H,1-3,9H2. The summed E-state index contributed by atoms with van der Waals surface area (Å²) < 4.78 is 2.22. The summed E-state index contributed by atoms with van der Waals surface area (Å²) in [6.07, 6.45) is 6.14. The molecule has 1 aliphatic rings. The zero-order chi connectivity index (χ0) is 13.2. The minimum absolute atomic E-state index is 0.594. The van der Waals surface area contributed by atoms with E-state index >= 15 is 0 Å². The number of hydrogen-bond acceptors (Lipinski definition) is 2. The van der Waals surface area contributed by atoms with Crippen LogP contribution in [0.15, 0.2) is 34.8 Å². The molecule has 0 atom stereocenters. The second-order valence-electron chi connectivity index (χ2n) is 4.84. The molecule has 0 N–H and O–H groups in total. The maximum atomic E-state index is 6.16. The van der Waals surface area contributed by atoms with Crippen molar-refractivity contribution in [1.82, 2.24) is 4.57 Å². The fourth-order valence-corrected chi connectivity index (χ4v) is 3.36. The highest BCUT2D eigenvalue weighted by molar-refractivity contribution is 7.07. The van der Waals surface area contributed by atoms with Crippen LogP contribution in [0.3, 0.4) is 0 Å². The van der Waals surface area contributed by atoms with Gasteiger partial charge in [-0.15, -0.1) is 11.3 Å². The Kier molecular flexibility index (Phi) is 3.96. The second-order valence-corrected chi connectivity index (χ2v) is 6.56. The highest BCUT2D eigenvalue weighted by Crippen LogP contribution is 2.29. The largest absolute Gasteiger partial charge is 0.323 e. The maximum absolute atomic E-state index is 6.16. The molecule has 5 heteroatoms. The van der Waals surface area contributed by atoms with E-state index in [1.54, 1.807) is 17.4 Å². The van der Waals surface area contributed by atoms with Gasteiger partial charge in [-0.05, 0) is 37.0 Å². The second kappa shape index (κ2) is 5.70. The lowest BCUT2D eigenvalue weighted by atomic mass is 9.85. The molecule has 19 heavy (non-hydrogen) atoms. The Morgan fingerprint density at radius 3 is 2.84 bits per heavy atom. The Balaban J connectivity index is 1.92. The van der Waals surface area contributed by atoms with Crippen LogP contribution in [0, 0.1) is 5.92 Å². The molecule has 2 aromatic rings. The van der Waals surface area contributed by atoms with Crippen molar-refractivity contribution in [2.75, 3.05) is 0 Å². The van der Waals surface area contributed by atoms with Crippen molar-refractivity contribution < 1.29 is 0 Å². The molecule has 2 nitrogen and oxygen atoms in total. The van der Waals surface area contributed by atoms with Crippen molar-refractivity contribution >= 4 is 40.2 Å². The smallest absolute Gasteiger partial charge is 0.189 e. The summed E-state index contributed by atoms with van der Waals surface area (Å²) in [6.45, 7) is 1.06. The predicted octanol–water partition coefficient (Wildman–Crippen LogP) is 4.89. The van der Waals surface area contributed by atoms with Crippen LogP contribution in [0.25, 0.3) is 0 Å². The SMILES string of the molecule is Clc1ccc(N=c2sccn2CC2CCC2)c(Cl)c1. The lowest BCUT2D eigenvalue weighted by molar-refractivity contribution is 0.274. The first-order valence-corrected chi connectivity index (χ1v) is 7.99. The molecule has 0 saturated heterocycles. The van der Waals surface area contributed by atoms with Crippen molar-refractivity contribution in [1.29, 1.82) is 0 Å². The first-order chi connectivity index (χ1) is 9.22. The fraction of sp³-hybridized carbons (Fsp3) is 0.357. The van der Waals surface area contributed by atoms with Gasteiger partial charge in [0.15, 0.2) is 4.80 Å². The van der Waals surface area contributed by atoms with Gasteiger partial charge in [-0.2, -0.15) is 0 Å². The lowest BCUT2D eigenvalue weighted by Gasteiger charge is -2.25. The molecular weight excluding hydrogens is 299 g/mol. The van der Waals surface area contributed by atoms with Gasteiger partial charge in [0.1, 0.15) is 0 Å². The topological polar surface area (TPSA) is 17.3 Å². The number of nitrogens with zero attached hydrogens (tertiary/aromatic N) is 2. The van der Waals surface area contributed by atoms with Gasteiger partial charge < -0.3 is 4.57 Å². The van der Waals surface area contributed by atoms with Crippen LogP contribution in [0.1, 0.15) is 19.3 Å². The molecule has 3 rings (SSSR count). The Bertz CT molecular complexity index is 641. The number of rotatable bonds is 3. The summed E-state index contributed by atoms with van der Waals surface area (Å²) in [7, 11) is 0. The van der Waals surface area contributed by atoms with Gasteiger partial charge in [-0.1, -0.05) is 29.6 Å². The summed E-state index contributed by atoms with van der Waals surface area (Å²) in [5, 5.41) is 3.30. The number of halogens is 2. The van der Waals surface area contributed by atoms with Crippen molar-refractivity contribution in [2.45, 2.75) is 25.8 Å². The summed E-state index contributed by atoms with van der Waals surface area (Å²) >= 11 is 13.7. The third kappa shape index (κ3) is 3.04. The van der Waals surface area contributed by atoms with Crippen molar-refractivity contribution in [3.05, 3.63) is 44.6 Å². The Labute approximate surface area is 126 Å². The number of hydrogen-bond donors (Lipinski definition) is 0. The van der Waals surface area contributed by atoms with Crippen molar-refractivity contribution in [3.63, 3.8) is 0 Å². The third-order valence-electron chi connectivity index (χ3n) is 3.47. The van der Waals surface area contributed by atoms with Crippen LogP contribution in [0.2, 0.25) is 10.0 Å². The summed E-state index contributed by atoms with van der Waals surface area (Å²) in [6, 6.07) is 5.40. The average Bonchev–Trinajstić information content (AvgIpc) is 2.75. The molecule has 0 spiro atoms. The number of benzene rings is 1. The van der Waals surface area contributed by atoms with E-state index in [4.69, 9.17) is 23.2 Å². The van der Waals surface area contributed by atoms with Gasteiger partial charge in [0.05, 0.1) is 10.7 Å². The van der Waals surface area contributed by atoms with Crippen LogP contribution < -0.4 is 4.80 Å². The number of thiazole rings is 1. The van der Waals surface area contributed by atoms with Gasteiger partial charge in [0, 0.05) is 23.1 Å². The predicted molar refractivity (Wildman–Crippen MR) is 81.3 cm³/mol. The van der Waals surface area contributed by atoms with Crippen LogP contribution in [0.4, 0.5) is 5.69 Å². The van der Waals surface area contributed by atoms with E-state index in [0.29, 0.717) is 10.0 Å². The molecule has 0 bridgehead atoms. The Hall–Kier alpha value is -0.770. The fourth-order valence-electron chi connectivity index (χ4n) is 2.15. The normalized spacial score (nSPS) is 16.6. The third-order valence-corrected chi connectivity index (χ3v) is 4.80. The minimum Gasteiger partial charge on any atom is -0.323 e. The molecule has 1 aromatic carbocycles. The lowest BCUT2D eigenvalue weighted by Crippen LogP contribution is -2.23. The van der Waals surface area contributed by atoms with Crippen LogP contribution in [-0.2, 0) is 6.54 Å².